The lowest BCUT2D eigenvalue weighted by Gasteiger charge is -2.11. The molecule has 4 aromatic heterocycles. The van der Waals surface area contributed by atoms with Crippen LogP contribution in [0.15, 0.2) is 139 Å². The highest BCUT2D eigenvalue weighted by atomic mass is 79.9. The zero-order valence-electron chi connectivity index (χ0n) is 26.5. The van der Waals surface area contributed by atoms with E-state index in [1.807, 2.05) is 60.7 Å². The Bertz CT molecular complexity index is 2520. The summed E-state index contributed by atoms with van der Waals surface area (Å²) < 4.78 is 29.2. The SMILES string of the molecule is Fc1cnccc1-c1cc(Br)nnc1-c1ccc2ccccc2c1.Fc1cnccc1-c1cc(C2CC2)nnc1-c1ccc2ccccc2c1. The molecule has 242 valence electrons. The number of fused-ring (bicyclic) bond motifs is 2. The van der Waals surface area contributed by atoms with Crippen LogP contribution in [0.25, 0.3) is 66.3 Å². The molecule has 0 N–H and O–H groups in total. The van der Waals surface area contributed by atoms with E-state index in [2.05, 4.69) is 76.6 Å². The summed E-state index contributed by atoms with van der Waals surface area (Å²) in [5.41, 5.74) is 6.51. The molecule has 50 heavy (non-hydrogen) atoms. The predicted molar refractivity (Wildman–Crippen MR) is 196 cm³/mol. The van der Waals surface area contributed by atoms with Crippen molar-refractivity contribution in [2.24, 2.45) is 0 Å². The van der Waals surface area contributed by atoms with Crippen molar-refractivity contribution >= 4 is 37.5 Å². The van der Waals surface area contributed by atoms with Gasteiger partial charge in [0, 0.05) is 51.7 Å². The van der Waals surface area contributed by atoms with E-state index in [1.165, 1.54) is 12.4 Å². The highest BCUT2D eigenvalue weighted by Gasteiger charge is 2.27. The van der Waals surface area contributed by atoms with Gasteiger partial charge in [-0.1, -0.05) is 72.8 Å². The summed E-state index contributed by atoms with van der Waals surface area (Å²) in [6, 6.07) is 35.6. The lowest BCUT2D eigenvalue weighted by Crippen LogP contribution is -1.99. The van der Waals surface area contributed by atoms with Crippen molar-refractivity contribution in [1.29, 1.82) is 0 Å². The molecule has 0 atom stereocenters. The Morgan fingerprint density at radius 1 is 0.500 bits per heavy atom. The molecule has 0 unspecified atom stereocenters. The van der Waals surface area contributed by atoms with Gasteiger partial charge in [0.1, 0.15) is 27.6 Å². The van der Waals surface area contributed by atoms with Crippen LogP contribution in [0.2, 0.25) is 0 Å². The predicted octanol–water partition coefficient (Wildman–Crippen LogP) is 10.6. The molecular formula is C41H27BrF2N6. The summed E-state index contributed by atoms with van der Waals surface area (Å²) in [4.78, 5) is 7.69. The van der Waals surface area contributed by atoms with Gasteiger partial charge in [-0.15, -0.1) is 15.3 Å². The van der Waals surface area contributed by atoms with E-state index < -0.39 is 0 Å². The fourth-order valence-electron chi connectivity index (χ4n) is 6.05. The van der Waals surface area contributed by atoms with Crippen LogP contribution in [-0.4, -0.2) is 30.4 Å². The molecule has 1 aliphatic carbocycles. The molecule has 0 spiro atoms. The quantitative estimate of drug-likeness (QED) is 0.176. The van der Waals surface area contributed by atoms with Gasteiger partial charge in [-0.2, -0.15) is 5.10 Å². The number of rotatable bonds is 5. The maximum atomic E-state index is 14.5. The fourth-order valence-corrected chi connectivity index (χ4v) is 6.36. The van der Waals surface area contributed by atoms with Crippen LogP contribution in [0.5, 0.6) is 0 Å². The monoisotopic (exact) mass is 720 g/mol. The second kappa shape index (κ2) is 13.6. The molecule has 6 nitrogen and oxygen atoms in total. The summed E-state index contributed by atoms with van der Waals surface area (Å²) in [5, 5.41) is 21.8. The molecule has 0 saturated heterocycles. The van der Waals surface area contributed by atoms with Crippen molar-refractivity contribution < 1.29 is 8.78 Å². The molecule has 9 rings (SSSR count). The van der Waals surface area contributed by atoms with E-state index in [-0.39, 0.29) is 11.6 Å². The van der Waals surface area contributed by atoms with Crippen LogP contribution in [0, 0.1) is 11.6 Å². The zero-order chi connectivity index (χ0) is 34.0. The van der Waals surface area contributed by atoms with Crippen LogP contribution in [0.3, 0.4) is 0 Å². The summed E-state index contributed by atoms with van der Waals surface area (Å²) in [6.45, 7) is 0. The molecule has 1 saturated carbocycles. The molecule has 0 aliphatic heterocycles. The van der Waals surface area contributed by atoms with Crippen molar-refractivity contribution in [3.8, 4) is 44.8 Å². The zero-order valence-corrected chi connectivity index (χ0v) is 28.1. The second-order valence-corrected chi connectivity index (χ2v) is 12.9. The van der Waals surface area contributed by atoms with Gasteiger partial charge in [0.05, 0.1) is 18.1 Å². The molecule has 0 radical (unpaired) electrons. The van der Waals surface area contributed by atoms with Crippen molar-refractivity contribution in [2.45, 2.75) is 18.8 Å². The van der Waals surface area contributed by atoms with Gasteiger partial charge in [-0.05, 0) is 86.7 Å². The Balaban J connectivity index is 0.000000145. The smallest absolute Gasteiger partial charge is 0.149 e. The summed E-state index contributed by atoms with van der Waals surface area (Å²) in [5.74, 6) is -0.277. The summed E-state index contributed by atoms with van der Waals surface area (Å²) in [7, 11) is 0. The molecule has 1 fully saturated rings. The lowest BCUT2D eigenvalue weighted by atomic mass is 9.97. The van der Waals surface area contributed by atoms with E-state index in [9.17, 15) is 8.78 Å². The minimum absolute atomic E-state index is 0.343. The summed E-state index contributed by atoms with van der Waals surface area (Å²) >= 11 is 3.32. The second-order valence-electron chi connectivity index (χ2n) is 12.1. The third-order valence-corrected chi connectivity index (χ3v) is 9.13. The largest absolute Gasteiger partial charge is 0.262 e. The van der Waals surface area contributed by atoms with E-state index in [1.54, 1.807) is 30.6 Å². The molecule has 0 bridgehead atoms. The maximum absolute atomic E-state index is 14.5. The first-order chi connectivity index (χ1) is 24.5. The van der Waals surface area contributed by atoms with Gasteiger partial charge in [0.15, 0.2) is 0 Å². The molecule has 4 heterocycles. The van der Waals surface area contributed by atoms with E-state index >= 15 is 0 Å². The van der Waals surface area contributed by atoms with Gasteiger partial charge in [-0.3, -0.25) is 9.97 Å². The van der Waals surface area contributed by atoms with Crippen LogP contribution >= 0.6 is 15.9 Å². The first-order valence-electron chi connectivity index (χ1n) is 16.1. The standard InChI is InChI=1S/C22H16FN3.C19H11BrFN3/c23-20-13-24-10-9-18(20)19-12-21(15-6-7-15)25-26-22(19)17-8-5-14-3-1-2-4-16(14)11-17;20-18-10-16(15-7-8-22-11-17(15)21)19(24-23-18)14-6-5-12-3-1-2-4-13(12)9-14/h1-5,8-13,15H,6-7H2;1-11H. The van der Waals surface area contributed by atoms with E-state index in [0.717, 1.165) is 56.8 Å². The highest BCUT2D eigenvalue weighted by molar-refractivity contribution is 9.10. The topological polar surface area (TPSA) is 77.3 Å². The van der Waals surface area contributed by atoms with Gasteiger partial charge < -0.3 is 0 Å². The minimum atomic E-state index is -0.389. The van der Waals surface area contributed by atoms with E-state index in [4.69, 9.17) is 0 Å². The Morgan fingerprint density at radius 2 is 1.00 bits per heavy atom. The van der Waals surface area contributed by atoms with Crippen LogP contribution in [0.4, 0.5) is 8.78 Å². The number of hydrogen-bond donors (Lipinski definition) is 0. The van der Waals surface area contributed by atoms with Crippen molar-refractivity contribution in [3.63, 3.8) is 0 Å². The number of nitrogens with zero attached hydrogens (tertiary/aromatic N) is 6. The lowest BCUT2D eigenvalue weighted by molar-refractivity contribution is 0.624. The molecule has 0 amide bonds. The van der Waals surface area contributed by atoms with Crippen LogP contribution in [-0.2, 0) is 0 Å². The fraction of sp³-hybridized carbons (Fsp3) is 0.0732. The van der Waals surface area contributed by atoms with Gasteiger partial charge in [-0.25, -0.2) is 8.78 Å². The van der Waals surface area contributed by atoms with Gasteiger partial charge in [0.2, 0.25) is 0 Å². The third kappa shape index (κ3) is 6.47. The number of benzene rings is 4. The molecular weight excluding hydrogens is 694 g/mol. The first kappa shape index (κ1) is 31.5. The Labute approximate surface area is 295 Å². The Hall–Kier alpha value is -5.80. The van der Waals surface area contributed by atoms with Crippen molar-refractivity contribution in [2.75, 3.05) is 0 Å². The number of pyridine rings is 2. The van der Waals surface area contributed by atoms with Crippen molar-refractivity contribution in [3.05, 3.63) is 156 Å². The normalized spacial score (nSPS) is 12.5. The van der Waals surface area contributed by atoms with Gasteiger partial charge in [0.25, 0.3) is 0 Å². The van der Waals surface area contributed by atoms with Crippen molar-refractivity contribution in [1.82, 2.24) is 30.4 Å². The first-order valence-corrected chi connectivity index (χ1v) is 16.9. The summed E-state index contributed by atoms with van der Waals surface area (Å²) in [6.07, 6.45) is 7.88. The average molecular weight is 722 g/mol. The molecule has 9 heteroatoms. The maximum Gasteiger partial charge on any atom is 0.149 e. The van der Waals surface area contributed by atoms with Crippen LogP contribution in [0.1, 0.15) is 24.5 Å². The van der Waals surface area contributed by atoms with Gasteiger partial charge >= 0.3 is 0 Å². The molecule has 8 aromatic rings. The highest BCUT2D eigenvalue weighted by Crippen LogP contribution is 2.42. The Morgan fingerprint density at radius 3 is 1.52 bits per heavy atom. The third-order valence-electron chi connectivity index (χ3n) is 8.74. The number of aromatic nitrogens is 6. The number of hydrogen-bond acceptors (Lipinski definition) is 6. The van der Waals surface area contributed by atoms with E-state index in [0.29, 0.717) is 38.6 Å². The minimum Gasteiger partial charge on any atom is -0.262 e. The molecule has 1 aliphatic rings. The average Bonchev–Trinajstić information content (AvgIpc) is 4.01. The molecule has 4 aromatic carbocycles. The number of halogens is 3. The van der Waals surface area contributed by atoms with Crippen LogP contribution < -0.4 is 0 Å². The Kier molecular flexibility index (Phi) is 8.56.